The van der Waals surface area contributed by atoms with Crippen molar-refractivity contribution in [3.8, 4) is 0 Å². The Bertz CT molecular complexity index is 338. The second kappa shape index (κ2) is 4.56. The third kappa shape index (κ3) is 3.39. The van der Waals surface area contributed by atoms with Crippen LogP contribution in [0.15, 0.2) is 24.3 Å². The molecule has 0 bridgehead atoms. The molecule has 0 saturated heterocycles. The summed E-state index contributed by atoms with van der Waals surface area (Å²) in [4.78, 5) is 21.4. The zero-order valence-corrected chi connectivity index (χ0v) is 7.99. The summed E-state index contributed by atoms with van der Waals surface area (Å²) in [7, 11) is 0. The number of Topliss-reactive ketones (excluding diaryl/α,β-unsaturated/α-hetero) is 1. The van der Waals surface area contributed by atoms with E-state index in [2.05, 4.69) is 0 Å². The number of hydrogen-bond donors (Lipinski definition) is 1. The van der Waals surface area contributed by atoms with Crippen molar-refractivity contribution in [3.63, 3.8) is 0 Å². The second-order valence-electron chi connectivity index (χ2n) is 3.27. The monoisotopic (exact) mass is 192 g/mol. The van der Waals surface area contributed by atoms with Gasteiger partial charge in [0.2, 0.25) is 0 Å². The molecule has 1 N–H and O–H groups in total. The minimum absolute atomic E-state index is 0.201. The molecule has 0 aliphatic carbocycles. The average Bonchev–Trinajstić information content (AvgIpc) is 2.07. The van der Waals surface area contributed by atoms with Gasteiger partial charge in [-0.25, -0.2) is 0 Å². The van der Waals surface area contributed by atoms with Gasteiger partial charge in [0.25, 0.3) is 0 Å². The van der Waals surface area contributed by atoms with Gasteiger partial charge in [0.15, 0.2) is 0 Å². The standard InChI is InChI=1S/C11H12O3/c1-8-2-4-9(5-3-8)6-10(12)7-11(13)14/h2-5H,6-7H2,1H3,(H,13,14). The summed E-state index contributed by atoms with van der Waals surface area (Å²) in [6, 6.07) is 7.50. The Kier molecular flexibility index (Phi) is 3.40. The maximum Gasteiger partial charge on any atom is 0.310 e. The molecule has 0 aliphatic rings. The van der Waals surface area contributed by atoms with Crippen LogP contribution in [0.4, 0.5) is 0 Å². The maximum absolute atomic E-state index is 11.1. The number of carbonyl (C=O) groups excluding carboxylic acids is 1. The first-order valence-electron chi connectivity index (χ1n) is 4.37. The molecule has 0 aliphatic heterocycles. The lowest BCUT2D eigenvalue weighted by Crippen LogP contribution is -2.09. The van der Waals surface area contributed by atoms with E-state index in [9.17, 15) is 9.59 Å². The highest BCUT2D eigenvalue weighted by Crippen LogP contribution is 2.05. The molecule has 0 amide bonds. The Morgan fingerprint density at radius 3 is 2.29 bits per heavy atom. The van der Waals surface area contributed by atoms with E-state index in [1.165, 1.54) is 0 Å². The first kappa shape index (κ1) is 10.4. The zero-order valence-electron chi connectivity index (χ0n) is 7.99. The largest absolute Gasteiger partial charge is 0.481 e. The van der Waals surface area contributed by atoms with E-state index in [1.54, 1.807) is 0 Å². The number of hydrogen-bond acceptors (Lipinski definition) is 2. The molecule has 0 unspecified atom stereocenters. The molecule has 0 aromatic heterocycles. The molecule has 3 heteroatoms. The van der Waals surface area contributed by atoms with Crippen molar-refractivity contribution >= 4 is 11.8 Å². The highest BCUT2D eigenvalue weighted by Gasteiger charge is 2.07. The normalized spacial score (nSPS) is 9.79. The molecule has 74 valence electrons. The zero-order chi connectivity index (χ0) is 10.6. The van der Waals surface area contributed by atoms with Crippen LogP contribution in [0.3, 0.4) is 0 Å². The van der Waals surface area contributed by atoms with Gasteiger partial charge in [-0.3, -0.25) is 9.59 Å². The van der Waals surface area contributed by atoms with Crippen LogP contribution in [0.2, 0.25) is 0 Å². The average molecular weight is 192 g/mol. The SMILES string of the molecule is Cc1ccc(CC(=O)CC(=O)O)cc1. The lowest BCUT2D eigenvalue weighted by molar-refractivity contribution is -0.140. The van der Waals surface area contributed by atoms with E-state index < -0.39 is 12.4 Å². The smallest absolute Gasteiger partial charge is 0.310 e. The molecule has 1 aromatic rings. The lowest BCUT2D eigenvalue weighted by atomic mass is 10.1. The Labute approximate surface area is 82.4 Å². The first-order chi connectivity index (χ1) is 6.58. The van der Waals surface area contributed by atoms with Crippen LogP contribution in [-0.4, -0.2) is 16.9 Å². The third-order valence-electron chi connectivity index (χ3n) is 1.87. The van der Waals surface area contributed by atoms with E-state index in [4.69, 9.17) is 5.11 Å². The molecule has 0 fully saturated rings. The summed E-state index contributed by atoms with van der Waals surface area (Å²) < 4.78 is 0. The first-order valence-corrected chi connectivity index (χ1v) is 4.37. The number of carboxylic acids is 1. The fourth-order valence-electron chi connectivity index (χ4n) is 1.16. The van der Waals surface area contributed by atoms with E-state index in [-0.39, 0.29) is 12.2 Å². The van der Waals surface area contributed by atoms with Crippen LogP contribution in [0.25, 0.3) is 0 Å². The number of aryl methyl sites for hydroxylation is 1. The summed E-state index contributed by atoms with van der Waals surface area (Å²) in [5.74, 6) is -1.33. The maximum atomic E-state index is 11.1. The predicted molar refractivity (Wildman–Crippen MR) is 52.1 cm³/mol. The molecule has 0 atom stereocenters. The molecule has 0 heterocycles. The van der Waals surface area contributed by atoms with Crippen molar-refractivity contribution in [2.24, 2.45) is 0 Å². The molecular formula is C11H12O3. The van der Waals surface area contributed by atoms with Crippen molar-refractivity contribution in [1.82, 2.24) is 0 Å². The summed E-state index contributed by atoms with van der Waals surface area (Å²) in [6.07, 6.45) is -0.194. The third-order valence-corrected chi connectivity index (χ3v) is 1.87. The van der Waals surface area contributed by atoms with Gasteiger partial charge in [0.05, 0.1) is 0 Å². The highest BCUT2D eigenvalue weighted by atomic mass is 16.4. The van der Waals surface area contributed by atoms with Crippen LogP contribution < -0.4 is 0 Å². The van der Waals surface area contributed by atoms with Crippen molar-refractivity contribution in [1.29, 1.82) is 0 Å². The van der Waals surface area contributed by atoms with Gasteiger partial charge >= 0.3 is 5.97 Å². The van der Waals surface area contributed by atoms with Crippen molar-refractivity contribution in [3.05, 3.63) is 35.4 Å². The van der Waals surface area contributed by atoms with Crippen molar-refractivity contribution < 1.29 is 14.7 Å². The fourth-order valence-corrected chi connectivity index (χ4v) is 1.16. The second-order valence-corrected chi connectivity index (χ2v) is 3.27. The fraction of sp³-hybridized carbons (Fsp3) is 0.273. The summed E-state index contributed by atoms with van der Waals surface area (Å²) in [5.41, 5.74) is 1.99. The van der Waals surface area contributed by atoms with E-state index >= 15 is 0 Å². The lowest BCUT2D eigenvalue weighted by Gasteiger charge is -1.99. The van der Waals surface area contributed by atoms with Crippen molar-refractivity contribution in [2.75, 3.05) is 0 Å². The van der Waals surface area contributed by atoms with Crippen LogP contribution in [0, 0.1) is 6.92 Å². The minimum atomic E-state index is -1.07. The highest BCUT2D eigenvalue weighted by molar-refractivity contribution is 5.95. The number of benzene rings is 1. The van der Waals surface area contributed by atoms with Gasteiger partial charge in [-0.2, -0.15) is 0 Å². The van der Waals surface area contributed by atoms with Gasteiger partial charge < -0.3 is 5.11 Å². The molecule has 0 saturated carbocycles. The van der Waals surface area contributed by atoms with Crippen molar-refractivity contribution in [2.45, 2.75) is 19.8 Å². The molecule has 0 spiro atoms. The predicted octanol–water partition coefficient (Wildman–Crippen LogP) is 1.58. The van der Waals surface area contributed by atoms with E-state index in [0.29, 0.717) is 0 Å². The molecule has 0 radical (unpaired) electrons. The van der Waals surface area contributed by atoms with E-state index in [1.807, 2.05) is 31.2 Å². The summed E-state index contributed by atoms with van der Waals surface area (Å²) >= 11 is 0. The van der Waals surface area contributed by atoms with Crippen LogP contribution in [0.5, 0.6) is 0 Å². The topological polar surface area (TPSA) is 54.4 Å². The number of rotatable bonds is 4. The summed E-state index contributed by atoms with van der Waals surface area (Å²) in [6.45, 7) is 1.96. The minimum Gasteiger partial charge on any atom is -0.481 e. The molecule has 14 heavy (non-hydrogen) atoms. The summed E-state index contributed by atoms with van der Waals surface area (Å²) in [5, 5.41) is 8.39. The van der Waals surface area contributed by atoms with E-state index in [0.717, 1.165) is 11.1 Å². The molecule has 3 nitrogen and oxygen atoms in total. The van der Waals surface area contributed by atoms with Gasteiger partial charge in [-0.05, 0) is 12.5 Å². The molecular weight excluding hydrogens is 180 g/mol. The molecule has 1 aromatic carbocycles. The van der Waals surface area contributed by atoms with Gasteiger partial charge in [-0.15, -0.1) is 0 Å². The number of carboxylic acid groups (broad SMARTS) is 1. The van der Waals surface area contributed by atoms with Gasteiger partial charge in [-0.1, -0.05) is 29.8 Å². The Hall–Kier alpha value is -1.64. The van der Waals surface area contributed by atoms with Gasteiger partial charge in [0.1, 0.15) is 12.2 Å². The number of aliphatic carboxylic acids is 1. The Morgan fingerprint density at radius 1 is 1.21 bits per heavy atom. The van der Waals surface area contributed by atoms with Crippen LogP contribution in [0.1, 0.15) is 17.5 Å². The van der Waals surface area contributed by atoms with Crippen LogP contribution >= 0.6 is 0 Å². The molecule has 1 rings (SSSR count). The Morgan fingerprint density at radius 2 is 1.79 bits per heavy atom. The number of carbonyl (C=O) groups is 2. The Balaban J connectivity index is 2.56. The van der Waals surface area contributed by atoms with Crippen LogP contribution in [-0.2, 0) is 16.0 Å². The quantitative estimate of drug-likeness (QED) is 0.737. The van der Waals surface area contributed by atoms with Gasteiger partial charge in [0, 0.05) is 6.42 Å². The number of ketones is 1.